The highest BCUT2D eigenvalue weighted by atomic mass is 16.6. The van der Waals surface area contributed by atoms with Gasteiger partial charge in [0.25, 0.3) is 0 Å². The number of allylic oxidation sites excluding steroid dienone is 1. The van der Waals surface area contributed by atoms with Gasteiger partial charge in [-0.15, -0.1) is 0 Å². The second-order valence-corrected chi connectivity index (χ2v) is 4.59. The van der Waals surface area contributed by atoms with Crippen molar-refractivity contribution in [2.24, 2.45) is 11.8 Å². The Labute approximate surface area is 99.1 Å². The van der Waals surface area contributed by atoms with Gasteiger partial charge in [-0.05, 0) is 25.3 Å². The number of carbonyl (C=O) groups excluding carboxylic acids is 1. The van der Waals surface area contributed by atoms with Crippen LogP contribution in [0.5, 0.6) is 0 Å². The van der Waals surface area contributed by atoms with E-state index in [1.54, 1.807) is 12.2 Å². The molecular formula is C12H16O5. The van der Waals surface area contributed by atoms with Gasteiger partial charge in [0.2, 0.25) is 0 Å². The number of carboxylic acids is 1. The Morgan fingerprint density at radius 2 is 2.24 bits per heavy atom. The minimum absolute atomic E-state index is 0.0633. The molecule has 0 spiro atoms. The van der Waals surface area contributed by atoms with Crippen LogP contribution in [0.3, 0.4) is 0 Å². The van der Waals surface area contributed by atoms with Crippen molar-refractivity contribution in [2.75, 3.05) is 0 Å². The summed E-state index contributed by atoms with van der Waals surface area (Å²) >= 11 is 0. The van der Waals surface area contributed by atoms with Crippen LogP contribution in [-0.2, 0) is 14.3 Å². The summed E-state index contributed by atoms with van der Waals surface area (Å²) in [7, 11) is 0. The first kappa shape index (κ1) is 12.1. The van der Waals surface area contributed by atoms with Gasteiger partial charge in [0.05, 0.1) is 12.0 Å². The SMILES string of the molecule is O=C(O)CCC=CC1OC(=O)C2CCC(O)C12. The number of carbonyl (C=O) groups is 2. The number of fused-ring (bicyclic) bond motifs is 1. The van der Waals surface area contributed by atoms with Crippen LogP contribution in [0.4, 0.5) is 0 Å². The van der Waals surface area contributed by atoms with E-state index < -0.39 is 18.2 Å². The molecule has 94 valence electrons. The first-order valence-electron chi connectivity index (χ1n) is 5.86. The molecule has 2 N–H and O–H groups in total. The van der Waals surface area contributed by atoms with Gasteiger partial charge in [-0.3, -0.25) is 9.59 Å². The minimum Gasteiger partial charge on any atom is -0.481 e. The van der Waals surface area contributed by atoms with Crippen LogP contribution >= 0.6 is 0 Å². The van der Waals surface area contributed by atoms with Gasteiger partial charge in [-0.2, -0.15) is 0 Å². The van der Waals surface area contributed by atoms with E-state index in [9.17, 15) is 14.7 Å². The van der Waals surface area contributed by atoms with E-state index in [4.69, 9.17) is 9.84 Å². The lowest BCUT2D eigenvalue weighted by Gasteiger charge is -2.15. The number of ether oxygens (including phenoxy) is 1. The second-order valence-electron chi connectivity index (χ2n) is 4.59. The minimum atomic E-state index is -0.850. The zero-order chi connectivity index (χ0) is 12.4. The van der Waals surface area contributed by atoms with Gasteiger partial charge in [0.1, 0.15) is 6.10 Å². The summed E-state index contributed by atoms with van der Waals surface area (Å²) in [6, 6.07) is 0. The van der Waals surface area contributed by atoms with Gasteiger partial charge in [0.15, 0.2) is 0 Å². The highest BCUT2D eigenvalue weighted by Crippen LogP contribution is 2.42. The summed E-state index contributed by atoms with van der Waals surface area (Å²) in [5.41, 5.74) is 0. The lowest BCUT2D eigenvalue weighted by atomic mass is 9.92. The van der Waals surface area contributed by atoms with Gasteiger partial charge < -0.3 is 14.9 Å². The average Bonchev–Trinajstić information content (AvgIpc) is 2.77. The van der Waals surface area contributed by atoms with E-state index in [0.29, 0.717) is 19.3 Å². The lowest BCUT2D eigenvalue weighted by Crippen LogP contribution is -2.25. The van der Waals surface area contributed by atoms with Crippen molar-refractivity contribution in [3.8, 4) is 0 Å². The Hall–Kier alpha value is -1.36. The standard InChI is InChI=1S/C12H16O5/c13-8-6-5-7-11(8)9(17-12(7)16)3-1-2-4-10(14)15/h1,3,7-9,11,13H,2,4-6H2,(H,14,15). The summed E-state index contributed by atoms with van der Waals surface area (Å²) < 4.78 is 5.17. The van der Waals surface area contributed by atoms with E-state index in [1.807, 2.05) is 0 Å². The molecule has 1 aliphatic heterocycles. The van der Waals surface area contributed by atoms with Gasteiger partial charge in [-0.25, -0.2) is 0 Å². The molecule has 2 fully saturated rings. The summed E-state index contributed by atoms with van der Waals surface area (Å²) in [6.07, 6.45) is 4.34. The topological polar surface area (TPSA) is 83.8 Å². The van der Waals surface area contributed by atoms with E-state index in [-0.39, 0.29) is 24.2 Å². The molecule has 4 unspecified atom stereocenters. The van der Waals surface area contributed by atoms with Gasteiger partial charge in [-0.1, -0.05) is 6.08 Å². The van der Waals surface area contributed by atoms with Crippen LogP contribution in [0.25, 0.3) is 0 Å². The van der Waals surface area contributed by atoms with Crippen LogP contribution in [-0.4, -0.2) is 34.4 Å². The van der Waals surface area contributed by atoms with E-state index >= 15 is 0 Å². The van der Waals surface area contributed by atoms with Gasteiger partial charge >= 0.3 is 11.9 Å². The molecule has 2 aliphatic rings. The van der Waals surface area contributed by atoms with Crippen molar-refractivity contribution in [3.05, 3.63) is 12.2 Å². The Kier molecular flexibility index (Phi) is 3.47. The molecule has 0 aromatic rings. The Morgan fingerprint density at radius 3 is 2.94 bits per heavy atom. The molecule has 0 aromatic heterocycles. The molecule has 1 aliphatic carbocycles. The molecule has 5 heteroatoms. The van der Waals surface area contributed by atoms with Crippen LogP contribution < -0.4 is 0 Å². The molecule has 17 heavy (non-hydrogen) atoms. The van der Waals surface area contributed by atoms with Gasteiger partial charge in [0, 0.05) is 12.3 Å². The number of hydrogen-bond donors (Lipinski definition) is 2. The van der Waals surface area contributed by atoms with Crippen LogP contribution in [0.2, 0.25) is 0 Å². The fourth-order valence-corrected chi connectivity index (χ4v) is 2.63. The maximum absolute atomic E-state index is 11.5. The number of aliphatic hydroxyl groups is 1. The third-order valence-electron chi connectivity index (χ3n) is 3.47. The predicted molar refractivity (Wildman–Crippen MR) is 58.1 cm³/mol. The first-order chi connectivity index (χ1) is 8.09. The molecule has 1 saturated carbocycles. The molecule has 0 aromatic carbocycles. The van der Waals surface area contributed by atoms with Crippen molar-refractivity contribution in [1.29, 1.82) is 0 Å². The number of rotatable bonds is 4. The molecular weight excluding hydrogens is 224 g/mol. The number of esters is 1. The van der Waals surface area contributed by atoms with Crippen molar-refractivity contribution >= 4 is 11.9 Å². The maximum Gasteiger partial charge on any atom is 0.310 e. The summed E-state index contributed by atoms with van der Waals surface area (Å²) in [4.78, 5) is 21.8. The third kappa shape index (κ3) is 2.49. The smallest absolute Gasteiger partial charge is 0.310 e. The number of cyclic esters (lactones) is 1. The molecule has 0 bridgehead atoms. The quantitative estimate of drug-likeness (QED) is 0.558. The van der Waals surface area contributed by atoms with E-state index in [1.165, 1.54) is 0 Å². The van der Waals surface area contributed by atoms with Crippen molar-refractivity contribution in [1.82, 2.24) is 0 Å². The Balaban J connectivity index is 1.92. The fraction of sp³-hybridized carbons (Fsp3) is 0.667. The third-order valence-corrected chi connectivity index (χ3v) is 3.47. The zero-order valence-corrected chi connectivity index (χ0v) is 9.41. The first-order valence-corrected chi connectivity index (χ1v) is 5.86. The van der Waals surface area contributed by atoms with Crippen LogP contribution in [0.15, 0.2) is 12.2 Å². The second kappa shape index (κ2) is 4.87. The summed E-state index contributed by atoms with van der Waals surface area (Å²) in [6.45, 7) is 0. The maximum atomic E-state index is 11.5. The van der Waals surface area contributed by atoms with E-state index in [2.05, 4.69) is 0 Å². The van der Waals surface area contributed by atoms with Crippen molar-refractivity contribution in [3.63, 3.8) is 0 Å². The van der Waals surface area contributed by atoms with Crippen molar-refractivity contribution < 1.29 is 24.5 Å². The van der Waals surface area contributed by atoms with Crippen LogP contribution in [0.1, 0.15) is 25.7 Å². The highest BCUT2D eigenvalue weighted by molar-refractivity contribution is 5.76. The van der Waals surface area contributed by atoms with Crippen molar-refractivity contribution in [2.45, 2.75) is 37.9 Å². The average molecular weight is 240 g/mol. The molecule has 0 radical (unpaired) electrons. The van der Waals surface area contributed by atoms with Crippen LogP contribution in [0, 0.1) is 11.8 Å². The highest BCUT2D eigenvalue weighted by Gasteiger charge is 2.50. The number of aliphatic carboxylic acids is 1. The zero-order valence-electron chi connectivity index (χ0n) is 9.41. The fourth-order valence-electron chi connectivity index (χ4n) is 2.63. The monoisotopic (exact) mass is 240 g/mol. The summed E-state index contributed by atoms with van der Waals surface area (Å²) in [5, 5.41) is 18.3. The Bertz CT molecular complexity index is 349. The molecule has 1 saturated heterocycles. The normalized spacial score (nSPS) is 36.2. The number of carboxylic acid groups (broad SMARTS) is 1. The molecule has 1 heterocycles. The summed E-state index contributed by atoms with van der Waals surface area (Å²) in [5.74, 6) is -1.42. The molecule has 5 nitrogen and oxygen atoms in total. The number of aliphatic hydroxyl groups excluding tert-OH is 1. The number of hydrogen-bond acceptors (Lipinski definition) is 4. The predicted octanol–water partition coefficient (Wildman–Crippen LogP) is 0.720. The lowest BCUT2D eigenvalue weighted by molar-refractivity contribution is -0.143. The molecule has 0 amide bonds. The molecule has 2 rings (SSSR count). The Morgan fingerprint density at radius 1 is 1.47 bits per heavy atom. The largest absolute Gasteiger partial charge is 0.481 e. The molecule has 4 atom stereocenters. The van der Waals surface area contributed by atoms with E-state index in [0.717, 1.165) is 0 Å².